The molecule has 1 aromatic carbocycles. The highest BCUT2D eigenvalue weighted by Gasteiger charge is 2.14. The first-order chi connectivity index (χ1) is 6.59. The van der Waals surface area contributed by atoms with Gasteiger partial charge in [0.25, 0.3) is 5.91 Å². The average molecular weight is 189 g/mol. The van der Waals surface area contributed by atoms with Gasteiger partial charge in [-0.2, -0.15) is 0 Å². The van der Waals surface area contributed by atoms with E-state index in [1.54, 1.807) is 0 Å². The number of furan rings is 1. The molecule has 0 aliphatic rings. The minimum absolute atomic E-state index is 0.255. The van der Waals surface area contributed by atoms with Crippen molar-refractivity contribution in [2.75, 3.05) is 0 Å². The second-order valence-corrected chi connectivity index (χ2v) is 3.42. The summed E-state index contributed by atoms with van der Waals surface area (Å²) in [6.07, 6.45) is 0. The summed E-state index contributed by atoms with van der Waals surface area (Å²) >= 11 is 0. The number of rotatable bonds is 1. The molecule has 0 aliphatic carbocycles. The Morgan fingerprint density at radius 1 is 1.36 bits per heavy atom. The van der Waals surface area contributed by atoms with Crippen LogP contribution in [0.2, 0.25) is 0 Å². The fourth-order valence-electron chi connectivity index (χ4n) is 1.57. The van der Waals surface area contributed by atoms with Crippen molar-refractivity contribution in [3.05, 3.63) is 35.1 Å². The van der Waals surface area contributed by atoms with Crippen molar-refractivity contribution in [1.82, 2.24) is 0 Å². The number of carbonyl (C=O) groups excluding carboxylic acids is 1. The molecule has 0 saturated carbocycles. The van der Waals surface area contributed by atoms with Crippen molar-refractivity contribution in [3.8, 4) is 0 Å². The van der Waals surface area contributed by atoms with Gasteiger partial charge in [0.1, 0.15) is 5.58 Å². The van der Waals surface area contributed by atoms with Crippen LogP contribution in [-0.2, 0) is 0 Å². The summed E-state index contributed by atoms with van der Waals surface area (Å²) in [6.45, 7) is 3.81. The molecule has 0 bridgehead atoms. The van der Waals surface area contributed by atoms with E-state index >= 15 is 0 Å². The molecule has 3 nitrogen and oxygen atoms in total. The molecule has 0 unspecified atom stereocenters. The Balaban J connectivity index is 2.79. The van der Waals surface area contributed by atoms with E-state index in [9.17, 15) is 4.79 Å². The second-order valence-electron chi connectivity index (χ2n) is 3.42. The number of fused-ring (bicyclic) bond motifs is 1. The predicted octanol–water partition coefficient (Wildman–Crippen LogP) is 2.15. The first-order valence-electron chi connectivity index (χ1n) is 4.39. The molecular weight excluding hydrogens is 178 g/mol. The smallest absolute Gasteiger partial charge is 0.284 e. The molecule has 1 amide bonds. The van der Waals surface area contributed by atoms with Crippen LogP contribution in [0.3, 0.4) is 0 Å². The Morgan fingerprint density at radius 3 is 2.71 bits per heavy atom. The van der Waals surface area contributed by atoms with Crippen LogP contribution in [0.15, 0.2) is 22.6 Å². The molecule has 1 aromatic heterocycles. The molecule has 0 spiro atoms. The first kappa shape index (κ1) is 8.81. The zero-order valence-electron chi connectivity index (χ0n) is 8.13. The fourth-order valence-corrected chi connectivity index (χ4v) is 1.57. The van der Waals surface area contributed by atoms with Crippen molar-refractivity contribution in [1.29, 1.82) is 0 Å². The third-order valence-corrected chi connectivity index (χ3v) is 2.32. The van der Waals surface area contributed by atoms with Crippen LogP contribution in [0.25, 0.3) is 11.0 Å². The highest BCUT2D eigenvalue weighted by molar-refractivity contribution is 5.98. The van der Waals surface area contributed by atoms with Crippen molar-refractivity contribution >= 4 is 16.9 Å². The van der Waals surface area contributed by atoms with Crippen LogP contribution in [0.1, 0.15) is 21.7 Å². The minimum Gasteiger partial charge on any atom is -0.451 e. The van der Waals surface area contributed by atoms with E-state index in [1.807, 2.05) is 32.0 Å². The summed E-state index contributed by atoms with van der Waals surface area (Å²) in [4.78, 5) is 11.0. The van der Waals surface area contributed by atoms with E-state index in [2.05, 4.69) is 0 Å². The molecule has 0 saturated heterocycles. The zero-order chi connectivity index (χ0) is 10.3. The van der Waals surface area contributed by atoms with E-state index in [-0.39, 0.29) is 5.76 Å². The van der Waals surface area contributed by atoms with Gasteiger partial charge in [0.2, 0.25) is 0 Å². The lowest BCUT2D eigenvalue weighted by atomic mass is 10.1. The maximum atomic E-state index is 11.0. The summed E-state index contributed by atoms with van der Waals surface area (Å²) in [6, 6.07) is 5.82. The maximum Gasteiger partial charge on any atom is 0.284 e. The number of nitrogens with two attached hydrogens (primary N) is 1. The van der Waals surface area contributed by atoms with E-state index in [0.717, 1.165) is 22.1 Å². The highest BCUT2D eigenvalue weighted by atomic mass is 16.3. The average Bonchev–Trinajstić information content (AvgIpc) is 2.43. The Bertz CT molecular complexity index is 511. The molecule has 3 heteroatoms. The summed E-state index contributed by atoms with van der Waals surface area (Å²) in [5.41, 5.74) is 7.81. The topological polar surface area (TPSA) is 56.2 Å². The normalized spacial score (nSPS) is 10.7. The van der Waals surface area contributed by atoms with Gasteiger partial charge in [-0.15, -0.1) is 0 Å². The fraction of sp³-hybridized carbons (Fsp3) is 0.182. The molecule has 2 aromatic rings. The van der Waals surface area contributed by atoms with Gasteiger partial charge in [0.05, 0.1) is 0 Å². The molecule has 0 atom stereocenters. The number of hydrogen-bond donors (Lipinski definition) is 1. The molecule has 14 heavy (non-hydrogen) atoms. The lowest BCUT2D eigenvalue weighted by Gasteiger charge is -1.90. The summed E-state index contributed by atoms with van der Waals surface area (Å²) in [7, 11) is 0. The Morgan fingerprint density at radius 2 is 2.07 bits per heavy atom. The van der Waals surface area contributed by atoms with Gasteiger partial charge in [-0.25, -0.2) is 0 Å². The minimum atomic E-state index is -0.517. The van der Waals surface area contributed by atoms with Gasteiger partial charge in [-0.05, 0) is 25.5 Å². The Hall–Kier alpha value is -1.77. The van der Waals surface area contributed by atoms with Crippen LogP contribution in [0.4, 0.5) is 0 Å². The van der Waals surface area contributed by atoms with Crippen LogP contribution in [0, 0.1) is 13.8 Å². The molecule has 0 fully saturated rings. The van der Waals surface area contributed by atoms with Gasteiger partial charge >= 0.3 is 0 Å². The quantitative estimate of drug-likeness (QED) is 0.747. The second kappa shape index (κ2) is 2.87. The van der Waals surface area contributed by atoms with Gasteiger partial charge in [-0.3, -0.25) is 4.79 Å². The number of carbonyl (C=O) groups is 1. The van der Waals surface area contributed by atoms with E-state index in [1.165, 1.54) is 0 Å². The Kier molecular flexibility index (Phi) is 1.81. The highest BCUT2D eigenvalue weighted by Crippen LogP contribution is 2.25. The van der Waals surface area contributed by atoms with Gasteiger partial charge in [0.15, 0.2) is 5.76 Å². The van der Waals surface area contributed by atoms with E-state index in [0.29, 0.717) is 0 Å². The molecule has 2 rings (SSSR count). The third-order valence-electron chi connectivity index (χ3n) is 2.32. The van der Waals surface area contributed by atoms with Gasteiger partial charge in [0, 0.05) is 10.9 Å². The largest absolute Gasteiger partial charge is 0.451 e. The molecule has 0 radical (unpaired) electrons. The maximum absolute atomic E-state index is 11.0. The molecular formula is C11H11NO2. The van der Waals surface area contributed by atoms with Gasteiger partial charge < -0.3 is 10.2 Å². The summed E-state index contributed by atoms with van der Waals surface area (Å²) in [5, 5.41) is 0.949. The third kappa shape index (κ3) is 1.18. The van der Waals surface area contributed by atoms with Crippen LogP contribution in [-0.4, -0.2) is 5.91 Å². The number of primary amides is 1. The molecule has 1 heterocycles. The number of aryl methyl sites for hydroxylation is 2. The van der Waals surface area contributed by atoms with Crippen molar-refractivity contribution in [2.24, 2.45) is 5.73 Å². The van der Waals surface area contributed by atoms with Crippen LogP contribution >= 0.6 is 0 Å². The zero-order valence-corrected chi connectivity index (χ0v) is 8.13. The molecule has 2 N–H and O–H groups in total. The van der Waals surface area contributed by atoms with Crippen molar-refractivity contribution < 1.29 is 9.21 Å². The van der Waals surface area contributed by atoms with Crippen molar-refractivity contribution in [2.45, 2.75) is 13.8 Å². The van der Waals surface area contributed by atoms with Crippen LogP contribution < -0.4 is 5.73 Å². The summed E-state index contributed by atoms with van der Waals surface area (Å²) < 4.78 is 5.37. The summed E-state index contributed by atoms with van der Waals surface area (Å²) in [5.74, 6) is -0.262. The van der Waals surface area contributed by atoms with E-state index in [4.69, 9.17) is 10.2 Å². The SMILES string of the molecule is Cc1ccc2c(C)c(C(N)=O)oc2c1. The lowest BCUT2D eigenvalue weighted by Crippen LogP contribution is -2.10. The van der Waals surface area contributed by atoms with E-state index < -0.39 is 5.91 Å². The first-order valence-corrected chi connectivity index (χ1v) is 4.39. The number of hydrogen-bond acceptors (Lipinski definition) is 2. The predicted molar refractivity (Wildman–Crippen MR) is 54.2 cm³/mol. The standard InChI is InChI=1S/C11H11NO2/c1-6-3-4-8-7(2)10(11(12)13)14-9(8)5-6/h3-5H,1-2H3,(H2,12,13). The number of amides is 1. The number of benzene rings is 1. The van der Waals surface area contributed by atoms with Crippen LogP contribution in [0.5, 0.6) is 0 Å². The van der Waals surface area contributed by atoms with Crippen molar-refractivity contribution in [3.63, 3.8) is 0 Å². The lowest BCUT2D eigenvalue weighted by molar-refractivity contribution is 0.0975. The molecule has 72 valence electrons. The Labute approximate surface area is 81.5 Å². The van der Waals surface area contributed by atoms with Gasteiger partial charge in [-0.1, -0.05) is 12.1 Å². The monoisotopic (exact) mass is 189 g/mol. The molecule has 0 aliphatic heterocycles.